The van der Waals surface area contributed by atoms with Gasteiger partial charge in [-0.3, -0.25) is 4.79 Å². The van der Waals surface area contributed by atoms with Gasteiger partial charge in [0.2, 0.25) is 15.9 Å². The summed E-state index contributed by atoms with van der Waals surface area (Å²) in [4.78, 5) is 26.4. The van der Waals surface area contributed by atoms with E-state index < -0.39 is 22.0 Å². The lowest BCUT2D eigenvalue weighted by Gasteiger charge is -2.26. The zero-order chi connectivity index (χ0) is 21.2. The van der Waals surface area contributed by atoms with Crippen molar-refractivity contribution in [1.82, 2.24) is 13.8 Å². The van der Waals surface area contributed by atoms with E-state index in [1.165, 1.54) is 32.3 Å². The molecular formula is C19H25N3O6S. The second-order valence-corrected chi connectivity index (χ2v) is 8.83. The maximum Gasteiger partial charge on any atom is 0.354 e. The Morgan fingerprint density at radius 1 is 1.38 bits per heavy atom. The fourth-order valence-corrected chi connectivity index (χ4v) is 5.18. The van der Waals surface area contributed by atoms with E-state index >= 15 is 0 Å². The first-order valence-electron chi connectivity index (χ1n) is 9.38. The van der Waals surface area contributed by atoms with Crippen molar-refractivity contribution in [2.75, 3.05) is 20.2 Å². The van der Waals surface area contributed by atoms with Crippen molar-refractivity contribution in [1.29, 1.82) is 0 Å². The third-order valence-electron chi connectivity index (χ3n) is 4.91. The van der Waals surface area contributed by atoms with E-state index in [1.807, 2.05) is 0 Å². The number of amides is 1. The van der Waals surface area contributed by atoms with Crippen molar-refractivity contribution in [2.45, 2.75) is 37.2 Å². The summed E-state index contributed by atoms with van der Waals surface area (Å²) in [5.74, 6) is -0.261. The average Bonchev–Trinajstić information content (AvgIpc) is 3.41. The fourth-order valence-electron chi connectivity index (χ4n) is 3.46. The quantitative estimate of drug-likeness (QED) is 0.627. The molecule has 1 amide bonds. The minimum absolute atomic E-state index is 0.0311. The molecule has 0 radical (unpaired) electrons. The lowest BCUT2D eigenvalue weighted by atomic mass is 10.2. The summed E-state index contributed by atoms with van der Waals surface area (Å²) >= 11 is 0. The molecule has 0 unspecified atom stereocenters. The van der Waals surface area contributed by atoms with Gasteiger partial charge in [0.15, 0.2) is 0 Å². The second-order valence-electron chi connectivity index (χ2n) is 6.94. The van der Waals surface area contributed by atoms with Crippen molar-refractivity contribution >= 4 is 21.9 Å². The third-order valence-corrected chi connectivity index (χ3v) is 6.78. The maximum absolute atomic E-state index is 13.2. The highest BCUT2D eigenvalue weighted by molar-refractivity contribution is 7.89. The van der Waals surface area contributed by atoms with Crippen LogP contribution < -0.4 is 0 Å². The number of esters is 1. The highest BCUT2D eigenvalue weighted by atomic mass is 32.2. The van der Waals surface area contributed by atoms with Crippen LogP contribution in [0, 0.1) is 0 Å². The van der Waals surface area contributed by atoms with Crippen LogP contribution in [0.5, 0.6) is 0 Å². The number of furan rings is 1. The number of likely N-dealkylation sites (N-methyl/N-ethyl adjacent to an activating group) is 1. The highest BCUT2D eigenvalue weighted by Gasteiger charge is 2.41. The number of hydrogen-bond donors (Lipinski definition) is 0. The van der Waals surface area contributed by atoms with E-state index in [2.05, 4.69) is 0 Å². The summed E-state index contributed by atoms with van der Waals surface area (Å²) in [6.07, 6.45) is 3.92. The Morgan fingerprint density at radius 3 is 2.79 bits per heavy atom. The van der Waals surface area contributed by atoms with Crippen LogP contribution in [0.15, 0.2) is 40.0 Å². The van der Waals surface area contributed by atoms with Gasteiger partial charge >= 0.3 is 5.97 Å². The van der Waals surface area contributed by atoms with Crippen LogP contribution in [0.25, 0.3) is 0 Å². The summed E-state index contributed by atoms with van der Waals surface area (Å²) < 4.78 is 39.3. The number of rotatable bonds is 7. The van der Waals surface area contributed by atoms with E-state index in [9.17, 15) is 18.0 Å². The molecule has 1 fully saturated rings. The third kappa shape index (κ3) is 4.23. The minimum Gasteiger partial charge on any atom is -0.467 e. The Hall–Kier alpha value is -2.59. The molecule has 29 heavy (non-hydrogen) atoms. The molecule has 3 heterocycles. The van der Waals surface area contributed by atoms with Crippen LogP contribution in [0.4, 0.5) is 0 Å². The number of sulfonamides is 1. The molecule has 1 aliphatic rings. The number of carbonyl (C=O) groups excluding carboxylic acids is 2. The summed E-state index contributed by atoms with van der Waals surface area (Å²) in [5.41, 5.74) is 0.141. The van der Waals surface area contributed by atoms with Crippen molar-refractivity contribution in [2.24, 2.45) is 7.05 Å². The largest absolute Gasteiger partial charge is 0.467 e. The number of nitrogens with zero attached hydrogens (tertiary/aromatic N) is 3. The molecule has 1 saturated heterocycles. The second kappa shape index (κ2) is 8.42. The van der Waals surface area contributed by atoms with Crippen LogP contribution in [0.1, 0.15) is 36.0 Å². The first-order chi connectivity index (χ1) is 13.8. The molecular weight excluding hydrogens is 398 g/mol. The van der Waals surface area contributed by atoms with Crippen molar-refractivity contribution in [3.63, 3.8) is 0 Å². The monoisotopic (exact) mass is 423 g/mol. The zero-order valence-electron chi connectivity index (χ0n) is 16.7. The summed E-state index contributed by atoms with van der Waals surface area (Å²) in [5, 5.41) is 0. The molecule has 2 aromatic rings. The Balaban J connectivity index is 1.81. The topological polar surface area (TPSA) is 102 Å². The van der Waals surface area contributed by atoms with Crippen molar-refractivity contribution < 1.29 is 27.2 Å². The molecule has 0 spiro atoms. The molecule has 3 rings (SSSR count). The Labute approximate surface area is 169 Å². The van der Waals surface area contributed by atoms with Gasteiger partial charge in [0, 0.05) is 26.8 Å². The lowest BCUT2D eigenvalue weighted by Crippen LogP contribution is -2.46. The molecule has 158 valence electrons. The predicted octanol–water partition coefficient (Wildman–Crippen LogP) is 1.61. The molecule has 0 aromatic carbocycles. The molecule has 1 aliphatic heterocycles. The molecule has 0 N–H and O–H groups in total. The van der Waals surface area contributed by atoms with Gasteiger partial charge in [-0.15, -0.1) is 0 Å². The maximum atomic E-state index is 13.2. The Bertz CT molecular complexity index is 980. The van der Waals surface area contributed by atoms with Crippen molar-refractivity contribution in [3.8, 4) is 0 Å². The first-order valence-corrected chi connectivity index (χ1v) is 10.8. The number of hydrogen-bond acceptors (Lipinski definition) is 6. The molecule has 2 aromatic heterocycles. The number of aryl methyl sites for hydroxylation is 1. The molecule has 10 heteroatoms. The van der Waals surface area contributed by atoms with Crippen LogP contribution in [0.3, 0.4) is 0 Å². The first kappa shape index (κ1) is 21.1. The summed E-state index contributed by atoms with van der Waals surface area (Å²) in [6, 6.07) is 4.00. The standard InChI is InChI=1S/C19H25N3O6S/c1-4-27-19(24)17-11-15(13-20(17)2)29(25,26)22-9-5-8-16(22)18(23)21(3)12-14-7-6-10-28-14/h6-7,10-11,13,16H,4-5,8-9,12H2,1-3H3/t16-/m0/s1. The van der Waals surface area contributed by atoms with Gasteiger partial charge in [0.1, 0.15) is 22.4 Å². The normalized spacial score (nSPS) is 17.4. The SMILES string of the molecule is CCOC(=O)c1cc(S(=O)(=O)N2CCC[C@H]2C(=O)N(C)Cc2ccco2)cn1C. The van der Waals surface area contributed by atoms with E-state index in [0.717, 1.165) is 0 Å². The van der Waals surface area contributed by atoms with Gasteiger partial charge in [-0.1, -0.05) is 0 Å². The number of ether oxygens (including phenoxy) is 1. The van der Waals surface area contributed by atoms with Gasteiger partial charge < -0.3 is 18.6 Å². The van der Waals surface area contributed by atoms with Gasteiger partial charge in [-0.05, 0) is 38.0 Å². The van der Waals surface area contributed by atoms with Crippen LogP contribution in [0.2, 0.25) is 0 Å². The highest BCUT2D eigenvalue weighted by Crippen LogP contribution is 2.28. The molecule has 0 bridgehead atoms. The fraction of sp³-hybridized carbons (Fsp3) is 0.474. The molecule has 1 atom stereocenters. The Morgan fingerprint density at radius 2 is 2.14 bits per heavy atom. The average molecular weight is 423 g/mol. The smallest absolute Gasteiger partial charge is 0.354 e. The lowest BCUT2D eigenvalue weighted by molar-refractivity contribution is -0.134. The van der Waals surface area contributed by atoms with E-state index in [0.29, 0.717) is 18.6 Å². The van der Waals surface area contributed by atoms with Crippen LogP contribution in [-0.2, 0) is 33.1 Å². The van der Waals surface area contributed by atoms with Crippen molar-refractivity contribution in [3.05, 3.63) is 42.1 Å². The number of carbonyl (C=O) groups is 2. The van der Waals surface area contributed by atoms with E-state index in [1.54, 1.807) is 33.2 Å². The van der Waals surface area contributed by atoms with Crippen LogP contribution in [-0.4, -0.2) is 60.3 Å². The molecule has 0 saturated carbocycles. The summed E-state index contributed by atoms with van der Waals surface area (Å²) in [6.45, 7) is 2.38. The van der Waals surface area contributed by atoms with Crippen LogP contribution >= 0.6 is 0 Å². The van der Waals surface area contributed by atoms with Gasteiger partial charge in [0.05, 0.1) is 19.4 Å². The molecule has 9 nitrogen and oxygen atoms in total. The van der Waals surface area contributed by atoms with Gasteiger partial charge in [-0.25, -0.2) is 13.2 Å². The van der Waals surface area contributed by atoms with Gasteiger partial charge in [-0.2, -0.15) is 4.31 Å². The minimum atomic E-state index is -3.94. The zero-order valence-corrected chi connectivity index (χ0v) is 17.5. The predicted molar refractivity (Wildman–Crippen MR) is 103 cm³/mol. The number of aromatic nitrogens is 1. The molecule has 0 aliphatic carbocycles. The van der Waals surface area contributed by atoms with E-state index in [-0.39, 0.29) is 36.2 Å². The summed E-state index contributed by atoms with van der Waals surface area (Å²) in [7, 11) is -0.746. The van der Waals surface area contributed by atoms with Gasteiger partial charge in [0.25, 0.3) is 0 Å². The van der Waals surface area contributed by atoms with E-state index in [4.69, 9.17) is 9.15 Å². The Kier molecular flexibility index (Phi) is 6.13.